The lowest BCUT2D eigenvalue weighted by molar-refractivity contribution is 0.474. The van der Waals surface area contributed by atoms with Gasteiger partial charge in [0.05, 0.1) is 5.52 Å². The van der Waals surface area contributed by atoms with E-state index in [1.54, 1.807) is 6.07 Å². The van der Waals surface area contributed by atoms with Crippen LogP contribution >= 0.6 is 0 Å². The third kappa shape index (κ3) is 1.74. The molecule has 0 aliphatic rings. The van der Waals surface area contributed by atoms with Crippen LogP contribution < -0.4 is 0 Å². The van der Waals surface area contributed by atoms with E-state index < -0.39 is 0 Å². The van der Waals surface area contributed by atoms with E-state index in [2.05, 4.69) is 35.5 Å². The average molecular weight is 237 g/mol. The first-order valence-corrected chi connectivity index (χ1v) is 5.96. The number of phenolic OH excluding ortho intramolecular Hbond substituents is 1. The fourth-order valence-electron chi connectivity index (χ4n) is 2.20. The monoisotopic (exact) mass is 237 g/mol. The smallest absolute Gasteiger partial charge is 0.121 e. The Hall–Kier alpha value is -2.29. The highest BCUT2D eigenvalue weighted by Gasteiger charge is 2.06. The zero-order valence-corrected chi connectivity index (χ0v) is 10.1. The molecule has 1 aromatic heterocycles. The second-order valence-corrected chi connectivity index (χ2v) is 4.29. The standard InChI is InChI=1S/C15H13N2O/c1-2-10-7-13(18)5-6-14(10)11-3-4-12-9-16-17-15(12)8-11/h3-8,18H,2H2,1H3,(H,16,17). The fraction of sp³-hybridized carbons (Fsp3) is 0.133. The molecule has 18 heavy (non-hydrogen) atoms. The molecule has 0 unspecified atom stereocenters. The fourth-order valence-corrected chi connectivity index (χ4v) is 2.20. The molecule has 2 N–H and O–H groups in total. The third-order valence-corrected chi connectivity index (χ3v) is 3.15. The SMILES string of the molecule is CCc1cc(O)ccc1-c1ccc2[c]n[nH]c2c1. The van der Waals surface area contributed by atoms with Gasteiger partial charge in [-0.1, -0.05) is 19.1 Å². The maximum absolute atomic E-state index is 9.53. The van der Waals surface area contributed by atoms with E-state index in [1.807, 2.05) is 18.2 Å². The molecule has 3 rings (SSSR count). The Morgan fingerprint density at radius 1 is 1.22 bits per heavy atom. The summed E-state index contributed by atoms with van der Waals surface area (Å²) >= 11 is 0. The first-order chi connectivity index (χ1) is 8.78. The van der Waals surface area contributed by atoms with Crippen LogP contribution in [0.15, 0.2) is 36.4 Å². The van der Waals surface area contributed by atoms with Crippen LogP contribution in [0.5, 0.6) is 5.75 Å². The van der Waals surface area contributed by atoms with Crippen LogP contribution in [0.2, 0.25) is 0 Å². The van der Waals surface area contributed by atoms with Crippen molar-refractivity contribution in [1.29, 1.82) is 0 Å². The quantitative estimate of drug-likeness (QED) is 0.718. The maximum atomic E-state index is 9.53. The molecule has 3 aromatic rings. The highest BCUT2D eigenvalue weighted by Crippen LogP contribution is 2.29. The molecular weight excluding hydrogens is 224 g/mol. The average Bonchev–Trinajstić information content (AvgIpc) is 2.85. The van der Waals surface area contributed by atoms with Crippen LogP contribution in [0, 0.1) is 6.20 Å². The summed E-state index contributed by atoms with van der Waals surface area (Å²) in [5, 5.41) is 17.3. The van der Waals surface area contributed by atoms with Crippen molar-refractivity contribution in [2.24, 2.45) is 0 Å². The molecule has 0 amide bonds. The van der Waals surface area contributed by atoms with E-state index in [-0.39, 0.29) is 0 Å². The molecule has 0 saturated heterocycles. The van der Waals surface area contributed by atoms with Gasteiger partial charge in [0, 0.05) is 5.39 Å². The Labute approximate surface area is 105 Å². The van der Waals surface area contributed by atoms with E-state index in [0.29, 0.717) is 5.75 Å². The Bertz CT molecular complexity index is 701. The molecule has 0 atom stereocenters. The number of nitrogens with one attached hydrogen (secondary N) is 1. The second kappa shape index (κ2) is 4.18. The molecule has 3 nitrogen and oxygen atoms in total. The van der Waals surface area contributed by atoms with Crippen molar-refractivity contribution in [3.8, 4) is 16.9 Å². The zero-order valence-electron chi connectivity index (χ0n) is 10.1. The summed E-state index contributed by atoms with van der Waals surface area (Å²) in [6.07, 6.45) is 3.78. The summed E-state index contributed by atoms with van der Waals surface area (Å²) in [5.74, 6) is 0.312. The number of benzene rings is 2. The summed E-state index contributed by atoms with van der Waals surface area (Å²) in [7, 11) is 0. The van der Waals surface area contributed by atoms with Gasteiger partial charge in [0.1, 0.15) is 11.9 Å². The van der Waals surface area contributed by atoms with Crippen LogP contribution in [-0.4, -0.2) is 15.3 Å². The van der Waals surface area contributed by atoms with Crippen molar-refractivity contribution in [1.82, 2.24) is 10.2 Å². The number of aromatic nitrogens is 2. The Morgan fingerprint density at radius 3 is 2.94 bits per heavy atom. The van der Waals surface area contributed by atoms with Crippen LogP contribution in [0.4, 0.5) is 0 Å². The minimum Gasteiger partial charge on any atom is -0.508 e. The number of rotatable bonds is 2. The molecule has 89 valence electrons. The highest BCUT2D eigenvalue weighted by molar-refractivity contribution is 5.84. The molecule has 2 aromatic carbocycles. The minimum absolute atomic E-state index is 0.312. The summed E-state index contributed by atoms with van der Waals surface area (Å²) in [6, 6.07) is 11.6. The molecular formula is C15H13N2O. The second-order valence-electron chi connectivity index (χ2n) is 4.29. The van der Waals surface area contributed by atoms with Gasteiger partial charge in [-0.05, 0) is 47.4 Å². The van der Waals surface area contributed by atoms with E-state index in [4.69, 9.17) is 0 Å². The van der Waals surface area contributed by atoms with Crippen molar-refractivity contribution in [3.63, 3.8) is 0 Å². The van der Waals surface area contributed by atoms with Crippen LogP contribution in [0.25, 0.3) is 22.0 Å². The number of hydrogen-bond acceptors (Lipinski definition) is 2. The number of fused-ring (bicyclic) bond motifs is 1. The molecule has 3 heteroatoms. The molecule has 0 aliphatic carbocycles. The summed E-state index contributed by atoms with van der Waals surface area (Å²) in [4.78, 5) is 0. The summed E-state index contributed by atoms with van der Waals surface area (Å²) in [5.41, 5.74) is 4.38. The number of H-pyrrole nitrogens is 1. The van der Waals surface area contributed by atoms with Crippen LogP contribution in [-0.2, 0) is 6.42 Å². The van der Waals surface area contributed by atoms with Crippen LogP contribution in [0.1, 0.15) is 12.5 Å². The molecule has 0 bridgehead atoms. The zero-order chi connectivity index (χ0) is 12.5. The molecule has 0 spiro atoms. The predicted octanol–water partition coefficient (Wildman–Crippen LogP) is 3.30. The topological polar surface area (TPSA) is 48.9 Å². The molecule has 1 heterocycles. The Morgan fingerprint density at radius 2 is 2.11 bits per heavy atom. The van der Waals surface area contributed by atoms with Crippen LogP contribution in [0.3, 0.4) is 0 Å². The van der Waals surface area contributed by atoms with Crippen molar-refractivity contribution in [2.45, 2.75) is 13.3 Å². The Balaban J connectivity index is 2.18. The van der Waals surface area contributed by atoms with E-state index >= 15 is 0 Å². The molecule has 0 saturated carbocycles. The minimum atomic E-state index is 0.312. The van der Waals surface area contributed by atoms with Gasteiger partial charge < -0.3 is 5.11 Å². The molecule has 0 aliphatic heterocycles. The molecule has 1 radical (unpaired) electrons. The normalized spacial score (nSPS) is 10.9. The van der Waals surface area contributed by atoms with Crippen molar-refractivity contribution in [3.05, 3.63) is 48.2 Å². The third-order valence-electron chi connectivity index (χ3n) is 3.15. The first kappa shape index (κ1) is 10.8. The summed E-state index contributed by atoms with van der Waals surface area (Å²) in [6.45, 7) is 2.08. The number of aromatic hydroxyl groups is 1. The number of hydrogen-bond donors (Lipinski definition) is 2. The van der Waals surface area contributed by atoms with E-state index in [0.717, 1.165) is 34.0 Å². The lowest BCUT2D eigenvalue weighted by atomic mass is 9.97. The van der Waals surface area contributed by atoms with Crippen molar-refractivity contribution in [2.75, 3.05) is 0 Å². The first-order valence-electron chi connectivity index (χ1n) is 5.96. The van der Waals surface area contributed by atoms with Gasteiger partial charge in [-0.25, -0.2) is 0 Å². The Kier molecular flexibility index (Phi) is 2.52. The van der Waals surface area contributed by atoms with Gasteiger partial charge in [-0.3, -0.25) is 5.10 Å². The van der Waals surface area contributed by atoms with Gasteiger partial charge in [0.15, 0.2) is 0 Å². The van der Waals surface area contributed by atoms with Gasteiger partial charge in [-0.2, -0.15) is 5.10 Å². The lowest BCUT2D eigenvalue weighted by Gasteiger charge is -2.08. The van der Waals surface area contributed by atoms with Gasteiger partial charge in [0.25, 0.3) is 0 Å². The van der Waals surface area contributed by atoms with E-state index in [9.17, 15) is 5.11 Å². The predicted molar refractivity (Wildman–Crippen MR) is 71.4 cm³/mol. The number of aromatic amines is 1. The number of aryl methyl sites for hydroxylation is 1. The van der Waals surface area contributed by atoms with Gasteiger partial charge >= 0.3 is 0 Å². The number of phenols is 1. The van der Waals surface area contributed by atoms with Gasteiger partial charge in [-0.15, -0.1) is 0 Å². The highest BCUT2D eigenvalue weighted by atomic mass is 16.3. The largest absolute Gasteiger partial charge is 0.508 e. The number of nitrogens with zero attached hydrogens (tertiary/aromatic N) is 1. The van der Waals surface area contributed by atoms with Gasteiger partial charge in [0.2, 0.25) is 0 Å². The lowest BCUT2D eigenvalue weighted by Crippen LogP contribution is -1.87. The molecule has 0 fully saturated rings. The van der Waals surface area contributed by atoms with Crippen molar-refractivity contribution < 1.29 is 5.11 Å². The van der Waals surface area contributed by atoms with Crippen molar-refractivity contribution >= 4 is 10.9 Å². The van der Waals surface area contributed by atoms with E-state index in [1.165, 1.54) is 0 Å². The maximum Gasteiger partial charge on any atom is 0.121 e. The summed E-state index contributed by atoms with van der Waals surface area (Å²) < 4.78 is 0.